The maximum absolute atomic E-state index is 2.57. The lowest BCUT2D eigenvalue weighted by molar-refractivity contribution is 1.54. The van der Waals surface area contributed by atoms with Gasteiger partial charge in [-0.15, -0.1) is 28.4 Å². The van der Waals surface area contributed by atoms with Crippen LogP contribution in [0.3, 0.4) is 0 Å². The summed E-state index contributed by atoms with van der Waals surface area (Å²) in [5.41, 5.74) is 0. The number of hydrogen-bond acceptors (Lipinski definition) is 1. The molecule has 0 fully saturated rings. The first-order valence-corrected chi connectivity index (χ1v) is 3.69. The van der Waals surface area contributed by atoms with Gasteiger partial charge in [-0.05, 0) is 5.75 Å². The van der Waals surface area contributed by atoms with Gasteiger partial charge in [0, 0.05) is 0 Å². The Morgan fingerprint density at radius 1 is 1.80 bits per heavy atom. The van der Waals surface area contributed by atoms with E-state index in [0.717, 1.165) is 0 Å². The molecule has 1 atom stereocenters. The molecule has 0 heterocycles. The minimum absolute atomic E-state index is 0. The Kier molecular flexibility index (Phi) is 17.1. The molecule has 1 unspecified atom stereocenters. The first-order valence-electron chi connectivity index (χ1n) is 1.23. The minimum Gasteiger partial charge on any atom is -0.141 e. The van der Waals surface area contributed by atoms with Crippen LogP contribution < -0.4 is 0 Å². The zero-order valence-corrected chi connectivity index (χ0v) is 6.79. The highest BCUT2D eigenvalue weighted by Gasteiger charge is 1.55. The molecule has 0 radical (unpaired) electrons. The molecule has 0 bridgehead atoms. The molecule has 3 heteroatoms. The molecule has 0 aliphatic heterocycles. The van der Waals surface area contributed by atoms with Crippen molar-refractivity contribution in [2.45, 2.75) is 6.92 Å². The summed E-state index contributed by atoms with van der Waals surface area (Å²) in [5.74, 6) is 1.20. The summed E-state index contributed by atoms with van der Waals surface area (Å²) in [6, 6.07) is 0. The quantitative estimate of drug-likeness (QED) is 0.550. The first kappa shape index (κ1) is 9.54. The van der Waals surface area contributed by atoms with Crippen LogP contribution in [0.1, 0.15) is 6.92 Å². The Morgan fingerprint density at radius 3 is 2.00 bits per heavy atom. The van der Waals surface area contributed by atoms with E-state index in [-0.39, 0.29) is 17.0 Å². The van der Waals surface area contributed by atoms with Gasteiger partial charge in [0.15, 0.2) is 0 Å². The normalized spacial score (nSPS) is 6.00. The summed E-state index contributed by atoms with van der Waals surface area (Å²) in [6.45, 7) is 2.12. The zero-order chi connectivity index (χ0) is 3.41. The first-order chi connectivity index (χ1) is 1.91. The molecule has 0 aromatic heterocycles. The van der Waals surface area contributed by atoms with E-state index in [1.54, 1.807) is 11.4 Å². The lowest BCUT2D eigenvalue weighted by Gasteiger charge is -1.69. The average Bonchev–Trinajstić information content (AvgIpc) is 1.37. The zero-order valence-electron chi connectivity index (χ0n) is 3.10. The summed E-state index contributed by atoms with van der Waals surface area (Å²) in [7, 11) is 2.57. The molecule has 0 aliphatic rings. The highest BCUT2D eigenvalue weighted by atomic mass is 79.9. The SMILES string of the molecule is Br.CCSP. The molecule has 0 rings (SSSR count). The van der Waals surface area contributed by atoms with E-state index in [4.69, 9.17) is 0 Å². The average molecular weight is 175 g/mol. The van der Waals surface area contributed by atoms with Crippen LogP contribution in [-0.2, 0) is 0 Å². The van der Waals surface area contributed by atoms with Gasteiger partial charge < -0.3 is 0 Å². The maximum atomic E-state index is 2.57. The Balaban J connectivity index is 0. The van der Waals surface area contributed by atoms with Crippen LogP contribution in [0, 0.1) is 0 Å². The molecular weight excluding hydrogens is 167 g/mol. The van der Waals surface area contributed by atoms with E-state index in [2.05, 4.69) is 15.4 Å². The van der Waals surface area contributed by atoms with Crippen molar-refractivity contribution in [2.75, 3.05) is 5.75 Å². The van der Waals surface area contributed by atoms with Gasteiger partial charge in [-0.3, -0.25) is 0 Å². The van der Waals surface area contributed by atoms with Crippen molar-refractivity contribution in [3.8, 4) is 0 Å². The van der Waals surface area contributed by atoms with Crippen LogP contribution in [-0.4, -0.2) is 5.75 Å². The van der Waals surface area contributed by atoms with E-state index in [0.29, 0.717) is 0 Å². The van der Waals surface area contributed by atoms with Gasteiger partial charge in [0.2, 0.25) is 0 Å². The number of hydrogen-bond donors (Lipinski definition) is 0. The smallest absolute Gasteiger partial charge is 0.00594 e. The van der Waals surface area contributed by atoms with Gasteiger partial charge in [0.25, 0.3) is 0 Å². The predicted molar refractivity (Wildman–Crippen MR) is 38.2 cm³/mol. The number of halogens is 1. The molecule has 0 amide bonds. The van der Waals surface area contributed by atoms with E-state index in [1.807, 2.05) is 0 Å². The Morgan fingerprint density at radius 2 is 2.00 bits per heavy atom. The van der Waals surface area contributed by atoms with Crippen molar-refractivity contribution >= 4 is 36.8 Å². The summed E-state index contributed by atoms with van der Waals surface area (Å²) in [5, 5.41) is 0. The second-order valence-corrected chi connectivity index (χ2v) is 2.37. The summed E-state index contributed by atoms with van der Waals surface area (Å²) < 4.78 is 0. The maximum Gasteiger partial charge on any atom is -0.00594 e. The summed E-state index contributed by atoms with van der Waals surface area (Å²) >= 11 is 1.77. The van der Waals surface area contributed by atoms with Crippen molar-refractivity contribution in [3.05, 3.63) is 0 Å². The summed E-state index contributed by atoms with van der Waals surface area (Å²) in [6.07, 6.45) is 0. The number of rotatable bonds is 1. The van der Waals surface area contributed by atoms with Gasteiger partial charge in [-0.1, -0.05) is 15.4 Å². The second kappa shape index (κ2) is 8.98. The van der Waals surface area contributed by atoms with Crippen LogP contribution >= 0.6 is 36.8 Å². The van der Waals surface area contributed by atoms with Gasteiger partial charge in [-0.2, -0.15) is 0 Å². The largest absolute Gasteiger partial charge is 0.141 e. The van der Waals surface area contributed by atoms with Gasteiger partial charge in [0.1, 0.15) is 0 Å². The van der Waals surface area contributed by atoms with Crippen molar-refractivity contribution < 1.29 is 0 Å². The molecule has 5 heavy (non-hydrogen) atoms. The van der Waals surface area contributed by atoms with Gasteiger partial charge in [0.05, 0.1) is 0 Å². The van der Waals surface area contributed by atoms with Crippen molar-refractivity contribution in [2.24, 2.45) is 0 Å². The molecule has 0 saturated carbocycles. The van der Waals surface area contributed by atoms with E-state index < -0.39 is 0 Å². The van der Waals surface area contributed by atoms with Gasteiger partial charge in [-0.25, -0.2) is 0 Å². The molecule has 34 valence electrons. The topological polar surface area (TPSA) is 0 Å². The Hall–Kier alpha value is 1.26. The molecule has 0 nitrogen and oxygen atoms in total. The standard InChI is InChI=1S/C2H7PS.BrH/c1-2-4-3;/h2-3H2,1H3;1H. The molecule has 0 aromatic carbocycles. The Bertz CT molecular complexity index is 11.6. The van der Waals surface area contributed by atoms with Crippen LogP contribution in [0.15, 0.2) is 0 Å². The third kappa shape index (κ3) is 10.9. The van der Waals surface area contributed by atoms with Crippen molar-refractivity contribution in [1.82, 2.24) is 0 Å². The van der Waals surface area contributed by atoms with E-state index in [1.165, 1.54) is 5.75 Å². The minimum atomic E-state index is 0. The highest BCUT2D eigenvalue weighted by molar-refractivity contribution is 8.93. The molecule has 0 N–H and O–H groups in total. The molecular formula is C2H8BrPS. The molecule has 0 spiro atoms. The van der Waals surface area contributed by atoms with Crippen LogP contribution in [0.2, 0.25) is 0 Å². The van der Waals surface area contributed by atoms with Crippen molar-refractivity contribution in [1.29, 1.82) is 0 Å². The van der Waals surface area contributed by atoms with E-state index in [9.17, 15) is 0 Å². The molecule has 0 aliphatic carbocycles. The fraction of sp³-hybridized carbons (Fsp3) is 1.00. The fourth-order valence-corrected chi connectivity index (χ4v) is 0. The third-order valence-corrected chi connectivity index (χ3v) is 1.50. The van der Waals surface area contributed by atoms with Crippen LogP contribution in [0.4, 0.5) is 0 Å². The monoisotopic (exact) mass is 174 g/mol. The Labute approximate surface area is 49.8 Å². The second-order valence-electron chi connectivity index (χ2n) is 0.455. The summed E-state index contributed by atoms with van der Waals surface area (Å²) in [4.78, 5) is 0. The van der Waals surface area contributed by atoms with Gasteiger partial charge >= 0.3 is 0 Å². The molecule has 0 saturated heterocycles. The van der Waals surface area contributed by atoms with Crippen LogP contribution in [0.25, 0.3) is 0 Å². The van der Waals surface area contributed by atoms with E-state index >= 15 is 0 Å². The third-order valence-electron chi connectivity index (χ3n) is 0.167. The lowest BCUT2D eigenvalue weighted by atomic mass is 11.0. The van der Waals surface area contributed by atoms with Crippen LogP contribution in [0.5, 0.6) is 0 Å². The predicted octanol–water partition coefficient (Wildman–Crippen LogP) is 2.11. The highest BCUT2D eigenvalue weighted by Crippen LogP contribution is 2.06. The van der Waals surface area contributed by atoms with Crippen molar-refractivity contribution in [3.63, 3.8) is 0 Å². The molecule has 0 aromatic rings. The lowest BCUT2D eigenvalue weighted by Crippen LogP contribution is -1.44. The fourth-order valence-electron chi connectivity index (χ4n) is 0.